The van der Waals surface area contributed by atoms with Crippen molar-refractivity contribution in [2.45, 2.75) is 37.8 Å². The third-order valence-electron chi connectivity index (χ3n) is 7.03. The zero-order valence-electron chi connectivity index (χ0n) is 15.4. The van der Waals surface area contributed by atoms with E-state index in [0.717, 1.165) is 38.0 Å². The Hall–Kier alpha value is -2.05. The smallest absolute Gasteiger partial charge is 0.222 e. The van der Waals surface area contributed by atoms with Crippen LogP contribution in [0.15, 0.2) is 30.6 Å². The van der Waals surface area contributed by atoms with Crippen molar-refractivity contribution in [1.29, 1.82) is 0 Å². The molecule has 0 radical (unpaired) electrons. The Balaban J connectivity index is 1.27. The number of carbonyl (C=O) groups excluding carboxylic acids is 2. The van der Waals surface area contributed by atoms with E-state index >= 15 is 0 Å². The summed E-state index contributed by atoms with van der Waals surface area (Å²) in [6, 6.07) is 3.88. The molecule has 27 heavy (non-hydrogen) atoms. The molecule has 4 atom stereocenters. The van der Waals surface area contributed by atoms with Gasteiger partial charge in [0.1, 0.15) is 0 Å². The molecule has 142 valence electrons. The second kappa shape index (κ2) is 6.24. The maximum atomic E-state index is 12.6. The summed E-state index contributed by atoms with van der Waals surface area (Å²) < 4.78 is 0. The number of nitrogens with two attached hydrogens (primary N) is 1. The van der Waals surface area contributed by atoms with Crippen LogP contribution in [-0.2, 0) is 9.59 Å². The number of primary amides is 1. The molecule has 3 N–H and O–H groups in total. The minimum Gasteiger partial charge on any atom is -0.369 e. The molecule has 2 aliphatic carbocycles. The molecule has 2 unspecified atom stereocenters. The third-order valence-corrected chi connectivity index (χ3v) is 7.03. The molecule has 6 nitrogen and oxygen atoms in total. The van der Waals surface area contributed by atoms with Crippen molar-refractivity contribution in [1.82, 2.24) is 15.2 Å². The van der Waals surface area contributed by atoms with Crippen molar-refractivity contribution in [2.75, 3.05) is 19.6 Å². The summed E-state index contributed by atoms with van der Waals surface area (Å²) in [5, 5.41) is 3.53. The van der Waals surface area contributed by atoms with Crippen LogP contribution in [-0.4, -0.2) is 53.3 Å². The van der Waals surface area contributed by atoms with Crippen LogP contribution in [0.5, 0.6) is 0 Å². The van der Waals surface area contributed by atoms with E-state index in [0.29, 0.717) is 0 Å². The van der Waals surface area contributed by atoms with Gasteiger partial charge in [0.2, 0.25) is 5.91 Å². The minimum absolute atomic E-state index is 0.0655. The monoisotopic (exact) mass is 366 g/mol. The fourth-order valence-electron chi connectivity index (χ4n) is 5.13. The first-order valence-corrected chi connectivity index (χ1v) is 9.98. The number of pyridine rings is 1. The van der Waals surface area contributed by atoms with E-state index < -0.39 is 0 Å². The number of rotatable bonds is 4. The van der Waals surface area contributed by atoms with Gasteiger partial charge in [-0.1, -0.05) is 12.1 Å². The average molecular weight is 366 g/mol. The van der Waals surface area contributed by atoms with Crippen LogP contribution in [0.3, 0.4) is 0 Å². The lowest BCUT2D eigenvalue weighted by Gasteiger charge is -2.36. The Bertz CT molecular complexity index is 802. The molecule has 4 aliphatic rings. The van der Waals surface area contributed by atoms with Gasteiger partial charge in [0.15, 0.2) is 5.78 Å². The quantitative estimate of drug-likeness (QED) is 0.829. The van der Waals surface area contributed by atoms with Crippen LogP contribution in [0.1, 0.15) is 31.2 Å². The summed E-state index contributed by atoms with van der Waals surface area (Å²) in [6.45, 7) is 2.56. The van der Waals surface area contributed by atoms with E-state index in [1.807, 2.05) is 12.3 Å². The normalized spacial score (nSPS) is 35.0. The standard InChI is InChI=1S/C21H26N4O2/c22-20(27)15-10-21(5-6-21)12-24-17(15)16-18(19(16)26)25-8-3-13(4-9-25)14-2-1-7-23-11-14/h1-3,7,11,15-18,24H,4-6,8-10,12H2,(H2,22,27)/t15-,16?,17-,18?/m0/s1. The van der Waals surface area contributed by atoms with Gasteiger partial charge in [0.05, 0.1) is 17.9 Å². The van der Waals surface area contributed by atoms with E-state index in [1.165, 1.54) is 18.4 Å². The number of nitrogens with one attached hydrogen (secondary N) is 1. The van der Waals surface area contributed by atoms with Crippen LogP contribution in [0.2, 0.25) is 0 Å². The van der Waals surface area contributed by atoms with E-state index in [9.17, 15) is 9.59 Å². The number of aromatic nitrogens is 1. The van der Waals surface area contributed by atoms with Crippen molar-refractivity contribution >= 4 is 17.3 Å². The molecule has 2 saturated carbocycles. The van der Waals surface area contributed by atoms with Crippen molar-refractivity contribution in [3.8, 4) is 0 Å². The number of hydrogen-bond donors (Lipinski definition) is 2. The van der Waals surface area contributed by atoms with Crippen LogP contribution < -0.4 is 11.1 Å². The summed E-state index contributed by atoms with van der Waals surface area (Å²) >= 11 is 0. The van der Waals surface area contributed by atoms with Gasteiger partial charge in [0.25, 0.3) is 0 Å². The topological polar surface area (TPSA) is 88.3 Å². The number of nitrogens with zero attached hydrogens (tertiary/aromatic N) is 2. The lowest BCUT2D eigenvalue weighted by Crippen LogP contribution is -2.53. The van der Waals surface area contributed by atoms with Gasteiger partial charge >= 0.3 is 0 Å². The van der Waals surface area contributed by atoms with Gasteiger partial charge in [-0.05, 0) is 48.3 Å². The molecule has 1 spiro atoms. The molecule has 1 aromatic heterocycles. The summed E-state index contributed by atoms with van der Waals surface area (Å²) in [5.41, 5.74) is 8.44. The lowest BCUT2D eigenvalue weighted by molar-refractivity contribution is -0.124. The molecule has 3 heterocycles. The van der Waals surface area contributed by atoms with Gasteiger partial charge in [0, 0.05) is 38.1 Å². The third kappa shape index (κ3) is 3.01. The van der Waals surface area contributed by atoms with Crippen LogP contribution >= 0.6 is 0 Å². The molecule has 1 amide bonds. The highest BCUT2D eigenvalue weighted by molar-refractivity contribution is 6.04. The van der Waals surface area contributed by atoms with Crippen LogP contribution in [0.25, 0.3) is 5.57 Å². The number of ketones is 1. The molecular formula is C21H26N4O2. The first kappa shape index (κ1) is 17.1. The predicted molar refractivity (Wildman–Crippen MR) is 101 cm³/mol. The van der Waals surface area contributed by atoms with Gasteiger partial charge in [-0.25, -0.2) is 0 Å². The van der Waals surface area contributed by atoms with Crippen LogP contribution in [0, 0.1) is 17.3 Å². The second-order valence-electron chi connectivity index (χ2n) is 8.71. The number of amides is 1. The Morgan fingerprint density at radius 1 is 1.37 bits per heavy atom. The zero-order chi connectivity index (χ0) is 18.6. The predicted octanol–water partition coefficient (Wildman–Crippen LogP) is 0.982. The Morgan fingerprint density at radius 3 is 2.85 bits per heavy atom. The largest absolute Gasteiger partial charge is 0.369 e. The number of Topliss-reactive ketones (excluding diaryl/α,β-unsaturated/α-hetero) is 1. The number of hydrogen-bond acceptors (Lipinski definition) is 5. The molecule has 1 saturated heterocycles. The number of piperidine rings is 1. The first-order valence-electron chi connectivity index (χ1n) is 9.98. The maximum absolute atomic E-state index is 12.6. The molecule has 0 aromatic carbocycles. The highest BCUT2D eigenvalue weighted by Crippen LogP contribution is 2.54. The molecule has 6 heteroatoms. The van der Waals surface area contributed by atoms with Gasteiger partial charge < -0.3 is 11.1 Å². The fourth-order valence-corrected chi connectivity index (χ4v) is 5.13. The molecule has 1 aromatic rings. The molecule has 2 aliphatic heterocycles. The maximum Gasteiger partial charge on any atom is 0.222 e. The van der Waals surface area contributed by atoms with Crippen molar-refractivity contribution < 1.29 is 9.59 Å². The van der Waals surface area contributed by atoms with Gasteiger partial charge in [-0.2, -0.15) is 0 Å². The lowest BCUT2D eigenvalue weighted by atomic mass is 9.80. The van der Waals surface area contributed by atoms with Crippen molar-refractivity contribution in [3.05, 3.63) is 36.2 Å². The molecule has 3 fully saturated rings. The first-order chi connectivity index (χ1) is 13.1. The summed E-state index contributed by atoms with van der Waals surface area (Å²) in [5.74, 6) is -0.295. The van der Waals surface area contributed by atoms with Gasteiger partial charge in [-0.3, -0.25) is 19.5 Å². The molecular weight excluding hydrogens is 340 g/mol. The Morgan fingerprint density at radius 2 is 2.22 bits per heavy atom. The summed E-state index contributed by atoms with van der Waals surface area (Å²) in [7, 11) is 0. The highest BCUT2D eigenvalue weighted by atomic mass is 16.2. The zero-order valence-corrected chi connectivity index (χ0v) is 15.4. The van der Waals surface area contributed by atoms with Crippen molar-refractivity contribution in [2.24, 2.45) is 23.0 Å². The fraction of sp³-hybridized carbons (Fsp3) is 0.571. The molecule has 0 bridgehead atoms. The number of carbonyl (C=O) groups is 2. The van der Waals surface area contributed by atoms with Crippen molar-refractivity contribution in [3.63, 3.8) is 0 Å². The average Bonchev–Trinajstić information content (AvgIpc) is 3.60. The van der Waals surface area contributed by atoms with Gasteiger partial charge in [-0.15, -0.1) is 0 Å². The van der Waals surface area contributed by atoms with E-state index in [4.69, 9.17) is 5.73 Å². The van der Waals surface area contributed by atoms with Crippen LogP contribution in [0.4, 0.5) is 0 Å². The van der Waals surface area contributed by atoms with E-state index in [1.54, 1.807) is 6.20 Å². The minimum atomic E-state index is -0.255. The summed E-state index contributed by atoms with van der Waals surface area (Å²) in [6.07, 6.45) is 10.0. The Kier molecular flexibility index (Phi) is 3.95. The molecule has 5 rings (SSSR count). The van der Waals surface area contributed by atoms with E-state index in [-0.39, 0.29) is 41.0 Å². The second-order valence-corrected chi connectivity index (χ2v) is 8.71. The summed E-state index contributed by atoms with van der Waals surface area (Å²) in [4.78, 5) is 31.1. The Labute approximate surface area is 159 Å². The SMILES string of the molecule is NC(=O)[C@H]1CC2(CC2)CN[C@@H]1C1C(=O)C1N1CC=C(c2cccnc2)CC1. The highest BCUT2D eigenvalue weighted by Gasteiger charge is 2.62. The van der Waals surface area contributed by atoms with E-state index in [2.05, 4.69) is 27.3 Å².